The predicted molar refractivity (Wildman–Crippen MR) is 134 cm³/mol. The molecule has 168 valence electrons. The number of aliphatic hydroxyl groups excluding tert-OH is 1. The standard InChI is InChI=1S/C27H30N2O2.ClH/c1-20(2)28-18-26(30)27(22-11-7-4-8-12-22)29-16-15-23-17-24(13-14-25(23)29)31-19-21-9-5-3-6-10-21;/h3-17,20,26-28,30H,18-19H2,1-2H3;1H/t26-,27+;/m1./s1. The van der Waals surface area contributed by atoms with Crippen LogP contribution < -0.4 is 10.1 Å². The van der Waals surface area contributed by atoms with Crippen LogP contribution in [0.5, 0.6) is 5.75 Å². The van der Waals surface area contributed by atoms with Crippen molar-refractivity contribution in [3.05, 3.63) is 102 Å². The number of nitrogens with zero attached hydrogens (tertiary/aromatic N) is 1. The number of fused-ring (bicyclic) bond motifs is 1. The number of ether oxygens (including phenoxy) is 1. The first-order valence-corrected chi connectivity index (χ1v) is 10.9. The van der Waals surface area contributed by atoms with Gasteiger partial charge in [0.2, 0.25) is 0 Å². The molecule has 2 atom stereocenters. The van der Waals surface area contributed by atoms with E-state index in [9.17, 15) is 5.11 Å². The number of hydrogen-bond donors (Lipinski definition) is 2. The van der Waals surface area contributed by atoms with Crippen LogP contribution in [0.2, 0.25) is 0 Å². The summed E-state index contributed by atoms with van der Waals surface area (Å²) in [5, 5.41) is 15.6. The van der Waals surface area contributed by atoms with E-state index in [-0.39, 0.29) is 18.4 Å². The zero-order chi connectivity index (χ0) is 21.6. The molecule has 5 heteroatoms. The Kier molecular flexibility index (Phi) is 8.34. The summed E-state index contributed by atoms with van der Waals surface area (Å²) >= 11 is 0. The first-order valence-electron chi connectivity index (χ1n) is 10.9. The Labute approximate surface area is 196 Å². The van der Waals surface area contributed by atoms with Crippen molar-refractivity contribution in [1.29, 1.82) is 0 Å². The van der Waals surface area contributed by atoms with Crippen LogP contribution in [0, 0.1) is 0 Å². The second-order valence-electron chi connectivity index (χ2n) is 8.20. The maximum Gasteiger partial charge on any atom is 0.120 e. The van der Waals surface area contributed by atoms with Crippen LogP contribution in [0.4, 0.5) is 0 Å². The number of rotatable bonds is 9. The van der Waals surface area contributed by atoms with Gasteiger partial charge in [-0.1, -0.05) is 74.5 Å². The lowest BCUT2D eigenvalue weighted by Gasteiger charge is -2.27. The number of aliphatic hydroxyl groups is 1. The average molecular weight is 451 g/mol. The molecule has 0 aliphatic carbocycles. The van der Waals surface area contributed by atoms with E-state index in [4.69, 9.17) is 4.74 Å². The third-order valence-corrected chi connectivity index (χ3v) is 5.48. The summed E-state index contributed by atoms with van der Waals surface area (Å²) in [5.41, 5.74) is 3.30. The lowest BCUT2D eigenvalue weighted by atomic mass is 10.0. The molecule has 0 saturated carbocycles. The highest BCUT2D eigenvalue weighted by atomic mass is 35.5. The third kappa shape index (κ3) is 5.71. The summed E-state index contributed by atoms with van der Waals surface area (Å²) < 4.78 is 8.16. The molecule has 4 aromatic rings. The van der Waals surface area contributed by atoms with Gasteiger partial charge in [-0.05, 0) is 35.4 Å². The molecule has 32 heavy (non-hydrogen) atoms. The number of halogens is 1. The maximum absolute atomic E-state index is 11.1. The quantitative estimate of drug-likeness (QED) is 0.349. The molecule has 0 fully saturated rings. The number of nitrogens with one attached hydrogen (secondary N) is 1. The van der Waals surface area contributed by atoms with Crippen LogP contribution in [0.25, 0.3) is 10.9 Å². The molecule has 0 aliphatic rings. The van der Waals surface area contributed by atoms with Gasteiger partial charge in [-0.3, -0.25) is 0 Å². The van der Waals surface area contributed by atoms with E-state index < -0.39 is 6.10 Å². The maximum atomic E-state index is 11.1. The van der Waals surface area contributed by atoms with Crippen molar-refractivity contribution in [3.63, 3.8) is 0 Å². The largest absolute Gasteiger partial charge is 0.489 e. The van der Waals surface area contributed by atoms with E-state index in [0.717, 1.165) is 27.8 Å². The summed E-state index contributed by atoms with van der Waals surface area (Å²) in [7, 11) is 0. The minimum atomic E-state index is -0.561. The molecular weight excluding hydrogens is 420 g/mol. The average Bonchev–Trinajstić information content (AvgIpc) is 3.21. The fourth-order valence-electron chi connectivity index (χ4n) is 3.90. The summed E-state index contributed by atoms with van der Waals surface area (Å²) in [6.45, 7) is 5.24. The molecule has 2 N–H and O–H groups in total. The van der Waals surface area contributed by atoms with Crippen LogP contribution in [0.3, 0.4) is 0 Å². The van der Waals surface area contributed by atoms with Crippen molar-refractivity contribution in [1.82, 2.24) is 9.88 Å². The second kappa shape index (κ2) is 11.2. The molecule has 0 radical (unpaired) electrons. The van der Waals surface area contributed by atoms with Gasteiger partial charge in [0.05, 0.1) is 12.1 Å². The zero-order valence-electron chi connectivity index (χ0n) is 18.5. The van der Waals surface area contributed by atoms with E-state index >= 15 is 0 Å². The lowest BCUT2D eigenvalue weighted by Crippen LogP contribution is -2.37. The highest BCUT2D eigenvalue weighted by molar-refractivity contribution is 5.85. The molecule has 4 nitrogen and oxygen atoms in total. The Morgan fingerprint density at radius 1 is 0.906 bits per heavy atom. The molecule has 1 aromatic heterocycles. The summed E-state index contributed by atoms with van der Waals surface area (Å²) in [4.78, 5) is 0. The minimum Gasteiger partial charge on any atom is -0.489 e. The smallest absolute Gasteiger partial charge is 0.120 e. The Bertz CT molecular complexity index is 1100. The minimum absolute atomic E-state index is 0. The van der Waals surface area contributed by atoms with Crippen molar-refractivity contribution < 1.29 is 9.84 Å². The molecule has 0 saturated heterocycles. The van der Waals surface area contributed by atoms with Gasteiger partial charge in [0.25, 0.3) is 0 Å². The van der Waals surface area contributed by atoms with E-state index in [2.05, 4.69) is 72.4 Å². The molecule has 0 amide bonds. The first-order chi connectivity index (χ1) is 15.1. The molecule has 0 aliphatic heterocycles. The molecule has 0 bridgehead atoms. The summed E-state index contributed by atoms with van der Waals surface area (Å²) in [5.74, 6) is 0.840. The van der Waals surface area contributed by atoms with E-state index in [1.165, 1.54) is 0 Å². The van der Waals surface area contributed by atoms with Gasteiger partial charge in [0.1, 0.15) is 12.4 Å². The number of hydrogen-bond acceptors (Lipinski definition) is 3. The molecule has 0 unspecified atom stereocenters. The number of benzene rings is 3. The van der Waals surface area contributed by atoms with Crippen LogP contribution in [-0.2, 0) is 6.61 Å². The highest BCUT2D eigenvalue weighted by Crippen LogP contribution is 2.30. The molecule has 1 heterocycles. The van der Waals surface area contributed by atoms with E-state index in [1.54, 1.807) is 0 Å². The molecule has 3 aromatic carbocycles. The normalized spacial score (nSPS) is 13.0. The van der Waals surface area contributed by atoms with Gasteiger partial charge < -0.3 is 19.7 Å². The van der Waals surface area contributed by atoms with E-state index in [0.29, 0.717) is 19.2 Å². The molecule has 0 spiro atoms. The highest BCUT2D eigenvalue weighted by Gasteiger charge is 2.24. The Balaban J connectivity index is 0.00000289. The van der Waals surface area contributed by atoms with Gasteiger partial charge in [0.15, 0.2) is 0 Å². The van der Waals surface area contributed by atoms with Crippen molar-refractivity contribution in [2.24, 2.45) is 0 Å². The van der Waals surface area contributed by atoms with Crippen molar-refractivity contribution in [2.45, 2.75) is 38.6 Å². The molecular formula is C27H31ClN2O2. The predicted octanol–water partition coefficient (Wildman–Crippen LogP) is 5.59. The number of aromatic nitrogens is 1. The Hall–Kier alpha value is -2.79. The van der Waals surface area contributed by atoms with Crippen molar-refractivity contribution in [2.75, 3.05) is 6.54 Å². The van der Waals surface area contributed by atoms with Gasteiger partial charge in [-0.2, -0.15) is 0 Å². The van der Waals surface area contributed by atoms with E-state index in [1.807, 2.05) is 42.5 Å². The lowest BCUT2D eigenvalue weighted by molar-refractivity contribution is 0.127. The third-order valence-electron chi connectivity index (χ3n) is 5.48. The van der Waals surface area contributed by atoms with Crippen LogP contribution >= 0.6 is 12.4 Å². The van der Waals surface area contributed by atoms with Crippen LogP contribution in [0.15, 0.2) is 91.1 Å². The van der Waals surface area contributed by atoms with Crippen LogP contribution in [-0.4, -0.2) is 28.4 Å². The SMILES string of the molecule is CC(C)NC[C@@H](O)[C@H](c1ccccc1)n1ccc2cc(OCc3ccccc3)ccc21.Cl. The van der Waals surface area contributed by atoms with Gasteiger partial charge in [-0.15, -0.1) is 12.4 Å². The monoisotopic (exact) mass is 450 g/mol. The van der Waals surface area contributed by atoms with Crippen molar-refractivity contribution >= 4 is 23.3 Å². The van der Waals surface area contributed by atoms with Crippen LogP contribution in [0.1, 0.15) is 31.0 Å². The summed E-state index contributed by atoms with van der Waals surface area (Å²) in [6, 6.07) is 28.7. The topological polar surface area (TPSA) is 46.4 Å². The van der Waals surface area contributed by atoms with Gasteiger partial charge in [-0.25, -0.2) is 0 Å². The Morgan fingerprint density at radius 2 is 1.59 bits per heavy atom. The molecule has 4 rings (SSSR count). The first kappa shape index (κ1) is 23.9. The van der Waals surface area contributed by atoms with Gasteiger partial charge >= 0.3 is 0 Å². The summed E-state index contributed by atoms with van der Waals surface area (Å²) in [6.07, 6.45) is 1.50. The second-order valence-corrected chi connectivity index (χ2v) is 8.20. The van der Waals surface area contributed by atoms with Gasteiger partial charge in [0, 0.05) is 29.7 Å². The Morgan fingerprint density at radius 3 is 2.28 bits per heavy atom. The van der Waals surface area contributed by atoms with Crippen molar-refractivity contribution in [3.8, 4) is 5.75 Å². The fourth-order valence-corrected chi connectivity index (χ4v) is 3.90. The fraction of sp³-hybridized carbons (Fsp3) is 0.259. The zero-order valence-corrected chi connectivity index (χ0v) is 19.3.